The predicted octanol–water partition coefficient (Wildman–Crippen LogP) is 2.99. The Morgan fingerprint density at radius 3 is 2.63 bits per heavy atom. The zero-order chi connectivity index (χ0) is 13.7. The van der Waals surface area contributed by atoms with Gasteiger partial charge in [0, 0.05) is 11.6 Å². The second kappa shape index (κ2) is 6.36. The molecule has 102 valence electrons. The van der Waals surface area contributed by atoms with Gasteiger partial charge in [-0.05, 0) is 31.0 Å². The molecule has 19 heavy (non-hydrogen) atoms. The Labute approximate surface area is 113 Å². The number of hydrogen-bond donors (Lipinski definition) is 1. The standard InChI is InChI=1S/C15H19NO3/c1-19-15(18)12-8-5-9-13(10-12)16-14(17)11-6-3-2-4-7-11/h5,8-11H,2-4,6-7H2,1H3,(H,16,17). The highest BCUT2D eigenvalue weighted by molar-refractivity contribution is 5.95. The summed E-state index contributed by atoms with van der Waals surface area (Å²) in [5.74, 6) is -0.231. The summed E-state index contributed by atoms with van der Waals surface area (Å²) in [6, 6.07) is 6.84. The van der Waals surface area contributed by atoms with Crippen molar-refractivity contribution in [1.82, 2.24) is 0 Å². The SMILES string of the molecule is COC(=O)c1cccc(NC(=O)C2CCCCC2)c1. The molecular weight excluding hydrogens is 242 g/mol. The highest BCUT2D eigenvalue weighted by atomic mass is 16.5. The van der Waals surface area contributed by atoms with E-state index in [9.17, 15) is 9.59 Å². The van der Waals surface area contributed by atoms with Crippen molar-refractivity contribution in [2.75, 3.05) is 12.4 Å². The summed E-state index contributed by atoms with van der Waals surface area (Å²) in [6.07, 6.45) is 5.40. The molecule has 0 heterocycles. The molecule has 1 N–H and O–H groups in total. The second-order valence-electron chi connectivity index (χ2n) is 4.90. The number of ether oxygens (including phenoxy) is 1. The highest BCUT2D eigenvalue weighted by Gasteiger charge is 2.21. The lowest BCUT2D eigenvalue weighted by Gasteiger charge is -2.20. The number of carbonyl (C=O) groups is 2. The molecule has 1 aromatic rings. The van der Waals surface area contributed by atoms with E-state index >= 15 is 0 Å². The summed E-state index contributed by atoms with van der Waals surface area (Å²) in [5, 5.41) is 2.88. The Balaban J connectivity index is 2.02. The smallest absolute Gasteiger partial charge is 0.337 e. The third-order valence-electron chi connectivity index (χ3n) is 3.53. The lowest BCUT2D eigenvalue weighted by molar-refractivity contribution is -0.120. The number of nitrogens with one attached hydrogen (secondary N) is 1. The lowest BCUT2D eigenvalue weighted by Crippen LogP contribution is -2.24. The summed E-state index contributed by atoms with van der Waals surface area (Å²) in [4.78, 5) is 23.5. The fourth-order valence-corrected chi connectivity index (χ4v) is 2.45. The molecule has 1 aliphatic carbocycles. The van der Waals surface area contributed by atoms with Gasteiger partial charge in [0.15, 0.2) is 0 Å². The van der Waals surface area contributed by atoms with Gasteiger partial charge in [0.1, 0.15) is 0 Å². The van der Waals surface area contributed by atoms with E-state index in [4.69, 9.17) is 0 Å². The number of amides is 1. The number of carbonyl (C=O) groups excluding carboxylic acids is 2. The number of benzene rings is 1. The first-order valence-electron chi connectivity index (χ1n) is 6.70. The van der Waals surface area contributed by atoms with Crippen LogP contribution in [0.4, 0.5) is 5.69 Å². The molecule has 4 nitrogen and oxygen atoms in total. The molecule has 1 fully saturated rings. The van der Waals surface area contributed by atoms with Crippen molar-refractivity contribution >= 4 is 17.6 Å². The summed E-state index contributed by atoms with van der Waals surface area (Å²) in [7, 11) is 1.34. The second-order valence-corrected chi connectivity index (χ2v) is 4.90. The Hall–Kier alpha value is -1.84. The molecule has 1 saturated carbocycles. The van der Waals surface area contributed by atoms with Crippen LogP contribution in [0.1, 0.15) is 42.5 Å². The van der Waals surface area contributed by atoms with Crippen LogP contribution in [0.25, 0.3) is 0 Å². The van der Waals surface area contributed by atoms with Crippen molar-refractivity contribution in [2.24, 2.45) is 5.92 Å². The lowest BCUT2D eigenvalue weighted by atomic mass is 9.88. The average Bonchev–Trinajstić information content (AvgIpc) is 2.47. The van der Waals surface area contributed by atoms with E-state index in [0.717, 1.165) is 25.7 Å². The van der Waals surface area contributed by atoms with E-state index in [1.54, 1.807) is 24.3 Å². The monoisotopic (exact) mass is 261 g/mol. The van der Waals surface area contributed by atoms with Crippen LogP contribution in [-0.2, 0) is 9.53 Å². The molecule has 0 atom stereocenters. The molecule has 4 heteroatoms. The third kappa shape index (κ3) is 3.56. The summed E-state index contributed by atoms with van der Waals surface area (Å²) < 4.78 is 4.66. The minimum Gasteiger partial charge on any atom is -0.465 e. The fourth-order valence-electron chi connectivity index (χ4n) is 2.45. The van der Waals surface area contributed by atoms with Crippen molar-refractivity contribution in [3.8, 4) is 0 Å². The van der Waals surface area contributed by atoms with Gasteiger partial charge in [0.2, 0.25) is 5.91 Å². The zero-order valence-electron chi connectivity index (χ0n) is 11.1. The van der Waals surface area contributed by atoms with E-state index in [0.29, 0.717) is 11.3 Å². The Morgan fingerprint density at radius 1 is 1.21 bits per heavy atom. The number of rotatable bonds is 3. The van der Waals surface area contributed by atoms with Gasteiger partial charge in [0.05, 0.1) is 12.7 Å². The molecule has 0 aliphatic heterocycles. The van der Waals surface area contributed by atoms with Gasteiger partial charge in [0.25, 0.3) is 0 Å². The quantitative estimate of drug-likeness (QED) is 0.851. The van der Waals surface area contributed by atoms with E-state index in [2.05, 4.69) is 10.1 Å². The van der Waals surface area contributed by atoms with Gasteiger partial charge in [-0.1, -0.05) is 25.3 Å². The maximum absolute atomic E-state index is 12.1. The molecular formula is C15H19NO3. The van der Waals surface area contributed by atoms with Gasteiger partial charge >= 0.3 is 5.97 Å². The largest absolute Gasteiger partial charge is 0.465 e. The molecule has 1 amide bonds. The van der Waals surface area contributed by atoms with E-state index in [1.165, 1.54) is 13.5 Å². The number of methoxy groups -OCH3 is 1. The van der Waals surface area contributed by atoms with Crippen LogP contribution in [-0.4, -0.2) is 19.0 Å². The van der Waals surface area contributed by atoms with Crippen molar-refractivity contribution in [2.45, 2.75) is 32.1 Å². The van der Waals surface area contributed by atoms with Crippen molar-refractivity contribution < 1.29 is 14.3 Å². The molecule has 1 aromatic carbocycles. The summed E-state index contributed by atoms with van der Waals surface area (Å²) >= 11 is 0. The Bertz CT molecular complexity index is 464. The van der Waals surface area contributed by atoms with Crippen LogP contribution in [0.5, 0.6) is 0 Å². The van der Waals surface area contributed by atoms with Gasteiger partial charge < -0.3 is 10.1 Å². The first-order chi connectivity index (χ1) is 9.20. The van der Waals surface area contributed by atoms with Crippen LogP contribution in [0.2, 0.25) is 0 Å². The Morgan fingerprint density at radius 2 is 1.95 bits per heavy atom. The topological polar surface area (TPSA) is 55.4 Å². The molecule has 0 unspecified atom stereocenters. The minimum absolute atomic E-state index is 0.0571. The third-order valence-corrected chi connectivity index (χ3v) is 3.53. The molecule has 0 spiro atoms. The van der Waals surface area contributed by atoms with Gasteiger partial charge in [-0.2, -0.15) is 0 Å². The van der Waals surface area contributed by atoms with Crippen molar-refractivity contribution in [3.63, 3.8) is 0 Å². The normalized spacial score (nSPS) is 15.8. The molecule has 1 aliphatic rings. The summed E-state index contributed by atoms with van der Waals surface area (Å²) in [6.45, 7) is 0. The first kappa shape index (κ1) is 13.6. The zero-order valence-corrected chi connectivity index (χ0v) is 11.1. The molecule has 0 radical (unpaired) electrons. The highest BCUT2D eigenvalue weighted by Crippen LogP contribution is 2.25. The van der Waals surface area contributed by atoms with Crippen LogP contribution < -0.4 is 5.32 Å². The van der Waals surface area contributed by atoms with E-state index < -0.39 is 5.97 Å². The predicted molar refractivity (Wildman–Crippen MR) is 73.0 cm³/mol. The molecule has 2 rings (SSSR count). The average molecular weight is 261 g/mol. The van der Waals surface area contributed by atoms with Crippen LogP contribution >= 0.6 is 0 Å². The fraction of sp³-hybridized carbons (Fsp3) is 0.467. The van der Waals surface area contributed by atoms with Crippen molar-refractivity contribution in [3.05, 3.63) is 29.8 Å². The first-order valence-corrected chi connectivity index (χ1v) is 6.70. The van der Waals surface area contributed by atoms with Crippen LogP contribution in [0.3, 0.4) is 0 Å². The van der Waals surface area contributed by atoms with Crippen LogP contribution in [0.15, 0.2) is 24.3 Å². The van der Waals surface area contributed by atoms with Gasteiger partial charge in [-0.15, -0.1) is 0 Å². The van der Waals surface area contributed by atoms with Gasteiger partial charge in [-0.3, -0.25) is 4.79 Å². The summed E-state index contributed by atoms with van der Waals surface area (Å²) in [5.41, 5.74) is 1.10. The van der Waals surface area contributed by atoms with Gasteiger partial charge in [-0.25, -0.2) is 4.79 Å². The number of hydrogen-bond acceptors (Lipinski definition) is 3. The molecule has 0 aromatic heterocycles. The minimum atomic E-state index is -0.395. The molecule has 0 saturated heterocycles. The van der Waals surface area contributed by atoms with E-state index in [-0.39, 0.29) is 11.8 Å². The number of esters is 1. The Kier molecular flexibility index (Phi) is 4.55. The maximum Gasteiger partial charge on any atom is 0.337 e. The van der Waals surface area contributed by atoms with Crippen molar-refractivity contribution in [1.29, 1.82) is 0 Å². The number of anilines is 1. The van der Waals surface area contributed by atoms with E-state index in [1.807, 2.05) is 0 Å². The molecule has 0 bridgehead atoms. The maximum atomic E-state index is 12.1. The van der Waals surface area contributed by atoms with Crippen LogP contribution in [0, 0.1) is 5.92 Å².